The van der Waals surface area contributed by atoms with Crippen molar-refractivity contribution < 1.29 is 9.53 Å². The number of fused-ring (bicyclic) bond motifs is 1. The Morgan fingerprint density at radius 2 is 2.00 bits per heavy atom. The average Bonchev–Trinajstić information content (AvgIpc) is 3.00. The molecule has 0 saturated heterocycles. The molecule has 3 aromatic rings. The summed E-state index contributed by atoms with van der Waals surface area (Å²) >= 11 is 6.86. The number of amides is 1. The van der Waals surface area contributed by atoms with Gasteiger partial charge in [-0.15, -0.1) is 0 Å². The maximum absolute atomic E-state index is 11.9. The normalized spacial score (nSPS) is 10.8. The summed E-state index contributed by atoms with van der Waals surface area (Å²) in [5.74, 6) is 0.785. The van der Waals surface area contributed by atoms with E-state index in [-0.39, 0.29) is 5.91 Å². The lowest BCUT2D eigenvalue weighted by atomic mass is 10.3. The highest BCUT2D eigenvalue weighted by Gasteiger charge is 2.06. The van der Waals surface area contributed by atoms with E-state index < -0.39 is 0 Å². The van der Waals surface area contributed by atoms with Crippen LogP contribution in [0.5, 0.6) is 5.75 Å². The lowest BCUT2D eigenvalue weighted by Crippen LogP contribution is -2.23. The minimum atomic E-state index is -0.00559. The van der Waals surface area contributed by atoms with Crippen molar-refractivity contribution >= 4 is 43.4 Å². The maximum atomic E-state index is 11.9. The number of imidazole rings is 1. The van der Waals surface area contributed by atoms with Gasteiger partial charge in [-0.1, -0.05) is 12.1 Å². The van der Waals surface area contributed by atoms with Gasteiger partial charge in [0.15, 0.2) is 0 Å². The van der Waals surface area contributed by atoms with Gasteiger partial charge in [-0.2, -0.15) is 0 Å². The highest BCUT2D eigenvalue weighted by molar-refractivity contribution is 9.10. The van der Waals surface area contributed by atoms with Crippen molar-refractivity contribution in [2.75, 3.05) is 6.61 Å². The van der Waals surface area contributed by atoms with Crippen molar-refractivity contribution in [3.63, 3.8) is 0 Å². The van der Waals surface area contributed by atoms with Crippen LogP contribution in [0.25, 0.3) is 5.65 Å². The van der Waals surface area contributed by atoms with Crippen LogP contribution in [0.2, 0.25) is 0 Å². The molecule has 1 N–H and O–H groups in total. The van der Waals surface area contributed by atoms with E-state index in [2.05, 4.69) is 42.2 Å². The zero-order valence-corrected chi connectivity index (χ0v) is 16.6. The molecule has 0 radical (unpaired) electrons. The van der Waals surface area contributed by atoms with E-state index in [1.807, 2.05) is 53.2 Å². The molecular formula is C18H17Br2N3O2. The standard InChI is InChI=1S/C18H17Br2N3O2/c19-13-7-8-17-22-14(12-23(17)11-13)10-21-18(24)6-3-9-25-16-5-2-1-4-15(16)20/h1-2,4-5,7-8,11-12H,3,6,9-10H2,(H,21,24). The van der Waals surface area contributed by atoms with Gasteiger partial charge in [0.1, 0.15) is 11.4 Å². The fourth-order valence-electron chi connectivity index (χ4n) is 2.36. The van der Waals surface area contributed by atoms with Crippen LogP contribution in [-0.4, -0.2) is 21.9 Å². The molecule has 0 unspecified atom stereocenters. The van der Waals surface area contributed by atoms with Gasteiger partial charge in [0.2, 0.25) is 5.91 Å². The summed E-state index contributed by atoms with van der Waals surface area (Å²) in [5, 5.41) is 2.89. The first-order valence-electron chi connectivity index (χ1n) is 7.89. The molecule has 3 rings (SSSR count). The second-order valence-corrected chi connectivity index (χ2v) is 7.27. The molecule has 0 aliphatic carbocycles. The summed E-state index contributed by atoms with van der Waals surface area (Å²) in [5.41, 5.74) is 1.69. The molecule has 0 spiro atoms. The molecule has 2 heterocycles. The van der Waals surface area contributed by atoms with Crippen LogP contribution in [0.1, 0.15) is 18.5 Å². The Morgan fingerprint density at radius 3 is 2.84 bits per heavy atom. The third kappa shape index (κ3) is 5.06. The fourth-order valence-corrected chi connectivity index (χ4v) is 3.11. The molecule has 7 heteroatoms. The number of carbonyl (C=O) groups excluding carboxylic acids is 1. The molecule has 5 nitrogen and oxygen atoms in total. The van der Waals surface area contributed by atoms with Crippen molar-refractivity contribution in [1.29, 1.82) is 0 Å². The van der Waals surface area contributed by atoms with E-state index in [0.29, 0.717) is 26.0 Å². The third-order valence-electron chi connectivity index (χ3n) is 3.57. The number of hydrogen-bond acceptors (Lipinski definition) is 3. The summed E-state index contributed by atoms with van der Waals surface area (Å²) in [6.07, 6.45) is 4.93. The van der Waals surface area contributed by atoms with Crippen LogP contribution in [-0.2, 0) is 11.3 Å². The quantitative estimate of drug-likeness (QED) is 0.527. The molecule has 0 fully saturated rings. The van der Waals surface area contributed by atoms with Gasteiger partial charge in [-0.25, -0.2) is 4.98 Å². The van der Waals surface area contributed by atoms with Gasteiger partial charge in [0.05, 0.1) is 23.3 Å². The highest BCUT2D eigenvalue weighted by Crippen LogP contribution is 2.23. The molecule has 130 valence electrons. The summed E-state index contributed by atoms with van der Waals surface area (Å²) in [7, 11) is 0. The molecular weight excluding hydrogens is 450 g/mol. The molecule has 0 saturated carbocycles. The number of para-hydroxylation sites is 1. The van der Waals surface area contributed by atoms with Gasteiger partial charge < -0.3 is 14.5 Å². The summed E-state index contributed by atoms with van der Waals surface area (Å²) in [4.78, 5) is 16.4. The zero-order valence-electron chi connectivity index (χ0n) is 13.4. The van der Waals surface area contributed by atoms with Crippen LogP contribution < -0.4 is 10.1 Å². The van der Waals surface area contributed by atoms with Crippen molar-refractivity contribution in [2.45, 2.75) is 19.4 Å². The second-order valence-electron chi connectivity index (χ2n) is 5.50. The summed E-state index contributed by atoms with van der Waals surface area (Å²) < 4.78 is 9.48. The van der Waals surface area contributed by atoms with E-state index in [9.17, 15) is 4.79 Å². The van der Waals surface area contributed by atoms with Gasteiger partial charge in [-0.05, 0) is 62.5 Å². The Kier molecular flexibility index (Phi) is 6.09. The lowest BCUT2D eigenvalue weighted by molar-refractivity contribution is -0.121. The smallest absolute Gasteiger partial charge is 0.220 e. The van der Waals surface area contributed by atoms with Crippen LogP contribution in [0.4, 0.5) is 0 Å². The van der Waals surface area contributed by atoms with Crippen LogP contribution in [0.15, 0.2) is 57.7 Å². The van der Waals surface area contributed by atoms with Crippen molar-refractivity contribution in [3.05, 3.63) is 63.4 Å². The van der Waals surface area contributed by atoms with Crippen LogP contribution in [0, 0.1) is 0 Å². The Morgan fingerprint density at radius 1 is 1.16 bits per heavy atom. The van der Waals surface area contributed by atoms with Gasteiger partial charge in [0.25, 0.3) is 0 Å². The Balaban J connectivity index is 1.41. The first kappa shape index (κ1) is 17.9. The lowest BCUT2D eigenvalue weighted by Gasteiger charge is -2.07. The van der Waals surface area contributed by atoms with E-state index >= 15 is 0 Å². The number of nitrogens with one attached hydrogen (secondary N) is 1. The summed E-state index contributed by atoms with van der Waals surface area (Å²) in [6, 6.07) is 11.5. The van der Waals surface area contributed by atoms with Gasteiger partial charge in [0, 0.05) is 23.3 Å². The minimum absolute atomic E-state index is 0.00559. The minimum Gasteiger partial charge on any atom is -0.492 e. The van der Waals surface area contributed by atoms with Crippen LogP contribution in [0.3, 0.4) is 0 Å². The number of rotatable bonds is 7. The molecule has 0 aliphatic rings. The number of nitrogens with zero attached hydrogens (tertiary/aromatic N) is 2. The average molecular weight is 467 g/mol. The molecule has 0 aliphatic heterocycles. The Labute approximate surface area is 162 Å². The van der Waals surface area contributed by atoms with Crippen molar-refractivity contribution in [3.8, 4) is 5.75 Å². The van der Waals surface area contributed by atoms with Gasteiger partial charge in [-0.3, -0.25) is 4.79 Å². The number of pyridine rings is 1. The highest BCUT2D eigenvalue weighted by atomic mass is 79.9. The first-order valence-corrected chi connectivity index (χ1v) is 9.47. The van der Waals surface area contributed by atoms with Crippen molar-refractivity contribution in [1.82, 2.24) is 14.7 Å². The SMILES string of the molecule is O=C(CCCOc1ccccc1Br)NCc1cn2cc(Br)ccc2n1. The second kappa shape index (κ2) is 8.49. The molecule has 2 aromatic heterocycles. The molecule has 1 amide bonds. The number of aromatic nitrogens is 2. The Bertz CT molecular complexity index is 880. The number of ether oxygens (including phenoxy) is 1. The summed E-state index contributed by atoms with van der Waals surface area (Å²) in [6.45, 7) is 0.918. The van der Waals surface area contributed by atoms with E-state index in [1.54, 1.807) is 0 Å². The molecule has 1 aromatic carbocycles. The Hall–Kier alpha value is -1.86. The van der Waals surface area contributed by atoms with Crippen LogP contribution >= 0.6 is 31.9 Å². The fraction of sp³-hybridized carbons (Fsp3) is 0.222. The third-order valence-corrected chi connectivity index (χ3v) is 4.70. The largest absolute Gasteiger partial charge is 0.492 e. The van der Waals surface area contributed by atoms with E-state index in [4.69, 9.17) is 4.74 Å². The number of benzene rings is 1. The van der Waals surface area contributed by atoms with E-state index in [1.165, 1.54) is 0 Å². The molecule has 0 bridgehead atoms. The van der Waals surface area contributed by atoms with Gasteiger partial charge >= 0.3 is 0 Å². The first-order chi connectivity index (χ1) is 12.1. The molecule has 25 heavy (non-hydrogen) atoms. The number of halogens is 2. The van der Waals surface area contributed by atoms with E-state index in [0.717, 1.165) is 26.0 Å². The molecule has 0 atom stereocenters. The predicted molar refractivity (Wildman–Crippen MR) is 104 cm³/mol. The van der Waals surface area contributed by atoms with Crippen molar-refractivity contribution in [2.24, 2.45) is 0 Å². The predicted octanol–water partition coefficient (Wildman–Crippen LogP) is 4.33. The maximum Gasteiger partial charge on any atom is 0.220 e. The zero-order chi connectivity index (χ0) is 17.6. The number of carbonyl (C=O) groups is 1. The number of hydrogen-bond donors (Lipinski definition) is 1. The monoisotopic (exact) mass is 465 g/mol. The topological polar surface area (TPSA) is 55.6 Å².